The molecule has 0 radical (unpaired) electrons. The van der Waals surface area contributed by atoms with E-state index in [0.717, 1.165) is 6.07 Å². The average molecular weight is 250 g/mol. The molecule has 0 aromatic heterocycles. The maximum absolute atomic E-state index is 13.4. The summed E-state index contributed by atoms with van der Waals surface area (Å²) in [5.41, 5.74) is 7.68. The fourth-order valence-electron chi connectivity index (χ4n) is 1.69. The summed E-state index contributed by atoms with van der Waals surface area (Å²) in [5, 5.41) is 8.91. The summed E-state index contributed by atoms with van der Waals surface area (Å²) in [4.78, 5) is 14.9. The number of benzene rings is 1. The molecule has 0 bridgehead atoms. The number of allylic oxidation sites excluding steroid dienone is 2. The maximum Gasteiger partial charge on any atom is 0.335 e. The zero-order chi connectivity index (χ0) is 13.9. The second-order valence-electron chi connectivity index (χ2n) is 3.90. The molecule has 0 saturated carbocycles. The molecule has 0 atom stereocenters. The molecule has 0 aliphatic rings. The lowest BCUT2D eigenvalue weighted by atomic mass is 9.98. The molecule has 0 aliphatic carbocycles. The average Bonchev–Trinajstić information content (AvgIpc) is 2.27. The van der Waals surface area contributed by atoms with Crippen molar-refractivity contribution in [3.63, 3.8) is 0 Å². The number of carboxylic acid groups (broad SMARTS) is 1. The molecule has 0 fully saturated rings. The topological polar surface area (TPSA) is 75.7 Å². The van der Waals surface area contributed by atoms with Gasteiger partial charge in [-0.15, -0.1) is 0 Å². The van der Waals surface area contributed by atoms with E-state index in [2.05, 4.69) is 4.99 Å². The Morgan fingerprint density at radius 1 is 1.28 bits per heavy atom. The third kappa shape index (κ3) is 2.94. The fraction of sp³-hybridized carbons (Fsp3) is 0.231. The van der Waals surface area contributed by atoms with Gasteiger partial charge in [0.1, 0.15) is 5.82 Å². The van der Waals surface area contributed by atoms with Crippen LogP contribution in [0.2, 0.25) is 0 Å². The standard InChI is InChI=1S/C13H15FN2O2/c1-7(15)12(8(2)16-3)9-4-10(13(17)18)6-11(14)5-9/h4-6H,15H2,1-3H3,(H,17,18)/b12-7+,16-8?. The molecule has 3 N–H and O–H groups in total. The number of carbonyl (C=O) groups is 1. The van der Waals surface area contributed by atoms with Crippen molar-refractivity contribution in [2.45, 2.75) is 13.8 Å². The van der Waals surface area contributed by atoms with Gasteiger partial charge in [0, 0.05) is 24.0 Å². The number of rotatable bonds is 3. The van der Waals surface area contributed by atoms with Crippen molar-refractivity contribution in [3.8, 4) is 0 Å². The smallest absolute Gasteiger partial charge is 0.335 e. The molecule has 4 nitrogen and oxygen atoms in total. The maximum atomic E-state index is 13.4. The van der Waals surface area contributed by atoms with E-state index in [0.29, 0.717) is 22.5 Å². The first kappa shape index (κ1) is 13.9. The Hall–Kier alpha value is -2.17. The highest BCUT2D eigenvalue weighted by atomic mass is 19.1. The molecule has 18 heavy (non-hydrogen) atoms. The largest absolute Gasteiger partial charge is 0.478 e. The van der Waals surface area contributed by atoms with Gasteiger partial charge in [0.2, 0.25) is 0 Å². The van der Waals surface area contributed by atoms with Crippen molar-refractivity contribution in [2.75, 3.05) is 7.05 Å². The van der Waals surface area contributed by atoms with Gasteiger partial charge in [-0.1, -0.05) is 0 Å². The van der Waals surface area contributed by atoms with Gasteiger partial charge in [0.05, 0.1) is 5.56 Å². The Labute approximate surface area is 105 Å². The third-order valence-electron chi connectivity index (χ3n) is 2.52. The van der Waals surface area contributed by atoms with Crippen LogP contribution >= 0.6 is 0 Å². The predicted molar refractivity (Wildman–Crippen MR) is 69.2 cm³/mol. The van der Waals surface area contributed by atoms with Gasteiger partial charge in [-0.05, 0) is 37.6 Å². The van der Waals surface area contributed by atoms with Crippen LogP contribution in [0.5, 0.6) is 0 Å². The van der Waals surface area contributed by atoms with Crippen LogP contribution in [0.1, 0.15) is 29.8 Å². The first-order chi connectivity index (χ1) is 8.36. The second-order valence-corrected chi connectivity index (χ2v) is 3.90. The molecular formula is C13H15FN2O2. The molecule has 1 aromatic rings. The SMILES string of the molecule is CN=C(C)/C(=C(/C)N)c1cc(F)cc(C(=O)O)c1. The number of nitrogens with zero attached hydrogens (tertiary/aromatic N) is 1. The summed E-state index contributed by atoms with van der Waals surface area (Å²) < 4.78 is 13.4. The van der Waals surface area contributed by atoms with Crippen LogP contribution in [0.3, 0.4) is 0 Å². The lowest BCUT2D eigenvalue weighted by Crippen LogP contribution is -2.07. The number of carboxylic acids is 1. The van der Waals surface area contributed by atoms with E-state index in [1.165, 1.54) is 12.1 Å². The third-order valence-corrected chi connectivity index (χ3v) is 2.52. The van der Waals surface area contributed by atoms with Gasteiger partial charge in [-0.25, -0.2) is 9.18 Å². The molecule has 96 valence electrons. The monoisotopic (exact) mass is 250 g/mol. The van der Waals surface area contributed by atoms with Gasteiger partial charge in [0.25, 0.3) is 0 Å². The highest BCUT2D eigenvalue weighted by Crippen LogP contribution is 2.21. The van der Waals surface area contributed by atoms with E-state index in [4.69, 9.17) is 10.8 Å². The number of aromatic carboxylic acids is 1. The first-order valence-electron chi connectivity index (χ1n) is 5.31. The zero-order valence-electron chi connectivity index (χ0n) is 10.5. The molecule has 1 rings (SSSR count). The molecule has 0 unspecified atom stereocenters. The Kier molecular flexibility index (Phi) is 4.20. The van der Waals surface area contributed by atoms with Crippen molar-refractivity contribution in [2.24, 2.45) is 10.7 Å². The van der Waals surface area contributed by atoms with E-state index >= 15 is 0 Å². The van der Waals surface area contributed by atoms with Crippen LogP contribution in [0.4, 0.5) is 4.39 Å². The summed E-state index contributed by atoms with van der Waals surface area (Å²) >= 11 is 0. The Balaban J connectivity index is 3.49. The van der Waals surface area contributed by atoms with Gasteiger partial charge < -0.3 is 10.8 Å². The van der Waals surface area contributed by atoms with Crippen LogP contribution in [-0.4, -0.2) is 23.8 Å². The Morgan fingerprint density at radius 2 is 1.83 bits per heavy atom. The van der Waals surface area contributed by atoms with Gasteiger partial charge in [0.15, 0.2) is 0 Å². The van der Waals surface area contributed by atoms with Crippen LogP contribution in [-0.2, 0) is 0 Å². The number of hydrogen-bond donors (Lipinski definition) is 2. The van der Waals surface area contributed by atoms with Crippen LogP contribution in [0.25, 0.3) is 5.57 Å². The van der Waals surface area contributed by atoms with Gasteiger partial charge in [-0.2, -0.15) is 0 Å². The minimum Gasteiger partial charge on any atom is -0.478 e. The number of halogens is 1. The summed E-state index contributed by atoms with van der Waals surface area (Å²) in [7, 11) is 1.59. The summed E-state index contributed by atoms with van der Waals surface area (Å²) in [5.74, 6) is -1.80. The summed E-state index contributed by atoms with van der Waals surface area (Å²) in [6.07, 6.45) is 0. The molecule has 0 amide bonds. The van der Waals surface area contributed by atoms with Crippen molar-refractivity contribution in [1.29, 1.82) is 0 Å². The number of nitrogens with two attached hydrogens (primary N) is 1. The van der Waals surface area contributed by atoms with E-state index in [1.54, 1.807) is 20.9 Å². The van der Waals surface area contributed by atoms with E-state index < -0.39 is 11.8 Å². The minimum atomic E-state index is -1.18. The molecule has 5 heteroatoms. The van der Waals surface area contributed by atoms with Gasteiger partial charge in [-0.3, -0.25) is 4.99 Å². The van der Waals surface area contributed by atoms with Gasteiger partial charge >= 0.3 is 5.97 Å². The van der Waals surface area contributed by atoms with Crippen molar-refractivity contribution in [3.05, 3.63) is 40.8 Å². The zero-order valence-corrected chi connectivity index (χ0v) is 10.5. The summed E-state index contributed by atoms with van der Waals surface area (Å²) in [6, 6.07) is 3.59. The molecule has 0 heterocycles. The molecule has 1 aromatic carbocycles. The highest BCUT2D eigenvalue weighted by Gasteiger charge is 2.13. The lowest BCUT2D eigenvalue weighted by molar-refractivity contribution is 0.0696. The van der Waals surface area contributed by atoms with Crippen LogP contribution in [0, 0.1) is 5.82 Å². The van der Waals surface area contributed by atoms with Crippen molar-refractivity contribution in [1.82, 2.24) is 0 Å². The van der Waals surface area contributed by atoms with Crippen molar-refractivity contribution < 1.29 is 14.3 Å². The quantitative estimate of drug-likeness (QED) is 0.808. The molecule has 0 spiro atoms. The van der Waals surface area contributed by atoms with Crippen LogP contribution in [0.15, 0.2) is 28.9 Å². The predicted octanol–water partition coefficient (Wildman–Crippen LogP) is 2.30. The molecule has 0 aliphatic heterocycles. The Bertz CT molecular complexity index is 544. The van der Waals surface area contributed by atoms with Crippen LogP contribution < -0.4 is 5.73 Å². The number of aliphatic imine (C=N–C) groups is 1. The fourth-order valence-corrected chi connectivity index (χ4v) is 1.69. The second kappa shape index (κ2) is 5.44. The molecular weight excluding hydrogens is 235 g/mol. The Morgan fingerprint density at radius 3 is 2.28 bits per heavy atom. The first-order valence-corrected chi connectivity index (χ1v) is 5.31. The van der Waals surface area contributed by atoms with E-state index in [1.807, 2.05) is 0 Å². The summed E-state index contributed by atoms with van der Waals surface area (Å²) in [6.45, 7) is 3.40. The molecule has 0 saturated heterocycles. The van der Waals surface area contributed by atoms with Crippen molar-refractivity contribution >= 4 is 17.3 Å². The minimum absolute atomic E-state index is 0.118. The van der Waals surface area contributed by atoms with E-state index in [9.17, 15) is 9.18 Å². The van der Waals surface area contributed by atoms with E-state index in [-0.39, 0.29) is 5.56 Å². The lowest BCUT2D eigenvalue weighted by Gasteiger charge is -2.10. The normalized spacial score (nSPS) is 13.2. The number of hydrogen-bond acceptors (Lipinski definition) is 3. The highest BCUT2D eigenvalue weighted by molar-refractivity contribution is 6.23.